The summed E-state index contributed by atoms with van der Waals surface area (Å²) in [6.07, 6.45) is -0.647. The smallest absolute Gasteiger partial charge is 0.320 e. The van der Waals surface area contributed by atoms with Crippen LogP contribution >= 0.6 is 33.2 Å². The van der Waals surface area contributed by atoms with Crippen LogP contribution in [-0.4, -0.2) is 263 Å². The van der Waals surface area contributed by atoms with Crippen molar-refractivity contribution in [2.75, 3.05) is 90.0 Å². The number of H-pyrrole nitrogens is 1. The van der Waals surface area contributed by atoms with E-state index >= 15 is 14.4 Å². The van der Waals surface area contributed by atoms with Crippen molar-refractivity contribution in [2.24, 2.45) is 23.7 Å². The predicted octanol–water partition coefficient (Wildman–Crippen LogP) is 2.65. The van der Waals surface area contributed by atoms with Gasteiger partial charge in [0.25, 0.3) is 0 Å². The first-order chi connectivity index (χ1) is 47.7. The van der Waals surface area contributed by atoms with Gasteiger partial charge in [-0.15, -0.1) is 0 Å². The fraction of sp³-hybridized carbons (Fsp3) is 0.609. The van der Waals surface area contributed by atoms with E-state index in [0.29, 0.717) is 75.6 Å². The summed E-state index contributed by atoms with van der Waals surface area (Å²) in [5, 5.41) is 62.8. The van der Waals surface area contributed by atoms with Crippen LogP contribution in [0.1, 0.15) is 108 Å². The number of nitrogens with zero attached hydrogens (tertiary/aromatic N) is 6. The number of aliphatic hydroxyl groups is 1. The number of carboxylic acid groups (broad SMARTS) is 3. The van der Waals surface area contributed by atoms with Crippen LogP contribution in [0.5, 0.6) is 5.75 Å². The van der Waals surface area contributed by atoms with Gasteiger partial charge in [0.15, 0.2) is 23.1 Å². The number of aromatic nitrogens is 2. The molecule has 548 valence electrons. The summed E-state index contributed by atoms with van der Waals surface area (Å²) in [6, 6.07) is 4.82. The lowest BCUT2D eigenvalue weighted by molar-refractivity contribution is -0.144. The number of phenols is 1. The van der Waals surface area contributed by atoms with Crippen LogP contribution in [0.3, 0.4) is 0 Å². The summed E-state index contributed by atoms with van der Waals surface area (Å²) >= 11 is 6.28. The summed E-state index contributed by atoms with van der Waals surface area (Å²) in [7, 11) is 2.12. The second-order valence-corrected chi connectivity index (χ2v) is 29.8. The number of aliphatic carboxylic acids is 3. The third kappa shape index (κ3) is 25.3. The Morgan fingerprint density at radius 2 is 1.45 bits per heavy atom. The van der Waals surface area contributed by atoms with Crippen molar-refractivity contribution in [3.8, 4) is 5.75 Å². The number of carbonyl (C=O) groups is 12. The van der Waals surface area contributed by atoms with Crippen molar-refractivity contribution < 1.29 is 83.1 Å². The van der Waals surface area contributed by atoms with E-state index < -0.39 is 157 Å². The average molecular weight is 1450 g/mol. The molecule has 7 rings (SSSR count). The van der Waals surface area contributed by atoms with E-state index in [1.54, 1.807) is 51.1 Å². The molecular formula is C69H96ClN11O17S2. The van der Waals surface area contributed by atoms with Gasteiger partial charge in [0.05, 0.1) is 66.2 Å². The lowest BCUT2D eigenvalue weighted by Gasteiger charge is -2.37. The number of Topliss-reactive ketones (excluding diaryl/α,β-unsaturated/α-hetero) is 4. The lowest BCUT2D eigenvalue weighted by atomic mass is 9.87. The summed E-state index contributed by atoms with van der Waals surface area (Å²) in [6.45, 7) is 10.9. The molecule has 100 heavy (non-hydrogen) atoms. The molecule has 4 fully saturated rings. The fourth-order valence-electron chi connectivity index (χ4n) is 13.4. The minimum Gasteiger partial charge on any atom is -0.506 e. The Balaban J connectivity index is 1.16. The van der Waals surface area contributed by atoms with Gasteiger partial charge < -0.3 is 66.5 Å². The Bertz CT molecular complexity index is 3320. The molecular weight excluding hydrogens is 1350 g/mol. The van der Waals surface area contributed by atoms with Gasteiger partial charge in [-0.2, -0.15) is 0 Å². The number of halogens is 1. The van der Waals surface area contributed by atoms with E-state index in [2.05, 4.69) is 41.0 Å². The second kappa shape index (κ2) is 39.8. The van der Waals surface area contributed by atoms with Gasteiger partial charge in [-0.05, 0) is 80.8 Å². The quantitative estimate of drug-likeness (QED) is 0.0545. The van der Waals surface area contributed by atoms with Gasteiger partial charge in [0.1, 0.15) is 17.8 Å². The van der Waals surface area contributed by atoms with E-state index in [-0.39, 0.29) is 91.9 Å². The van der Waals surface area contributed by atoms with Gasteiger partial charge in [-0.25, -0.2) is 4.98 Å². The average Bonchev–Trinajstić information content (AvgIpc) is 1.63. The van der Waals surface area contributed by atoms with Crippen molar-refractivity contribution in [1.29, 1.82) is 0 Å². The van der Waals surface area contributed by atoms with Gasteiger partial charge in [-0.3, -0.25) is 67.3 Å². The van der Waals surface area contributed by atoms with Crippen LogP contribution in [0, 0.1) is 23.7 Å². The molecule has 5 amide bonds. The van der Waals surface area contributed by atoms with Gasteiger partial charge >= 0.3 is 17.9 Å². The highest BCUT2D eigenvalue weighted by atomic mass is 35.5. The molecule has 28 nitrogen and oxygen atoms in total. The Hall–Kier alpha value is -7.32. The highest BCUT2D eigenvalue weighted by molar-refractivity contribution is 8.76. The molecule has 10 N–H and O–H groups in total. The number of nitrogens with one attached hydrogen (secondary N) is 5. The summed E-state index contributed by atoms with van der Waals surface area (Å²) in [5.41, 5.74) is 1.35. The topological polar surface area (TPSA) is 399 Å². The molecule has 4 aliphatic rings. The number of phenolic OH excluding ortho intramolecular Hbond substituents is 1. The highest BCUT2D eigenvalue weighted by Crippen LogP contribution is 2.31. The molecule has 0 aliphatic carbocycles. The molecule has 2 aromatic carbocycles. The van der Waals surface area contributed by atoms with E-state index in [1.807, 2.05) is 9.80 Å². The maximum Gasteiger partial charge on any atom is 0.320 e. The molecule has 1 aromatic heterocycles. The molecule has 12 atom stereocenters. The Kier molecular flexibility index (Phi) is 31.8. The Morgan fingerprint density at radius 3 is 2.11 bits per heavy atom. The van der Waals surface area contributed by atoms with Crippen LogP contribution in [0.25, 0.3) is 0 Å². The lowest BCUT2D eigenvalue weighted by Crippen LogP contribution is -2.54. The number of benzene rings is 2. The molecule has 0 radical (unpaired) electrons. The van der Waals surface area contributed by atoms with Crippen LogP contribution in [0.15, 0.2) is 61.1 Å². The SMILES string of the molecule is CCC(=O)[C@@H]1CSSC[C@H](NC(=O)[C@@H](CC(=O)[C@H](Cc2ccccc2)NC(=O)CCC(C(=O)O)N2CCCN3CCN(CCCN(CC(=O)O)CC3)CC2)Cc2c[nH]cn2)C(=O)N2C[C@H](O)C[C@H]2C(=O)C[C@@H](Cc2ccc(O)c(Cl)c2)C(=O)N[C@@H](CC(=O)O)C(=O)C[C@@H](CC(C)C)C(=O)N1. The van der Waals surface area contributed by atoms with Crippen molar-refractivity contribution in [1.82, 2.24) is 55.7 Å². The number of fused-ring (bicyclic) bond motifs is 4. The van der Waals surface area contributed by atoms with E-state index in [4.69, 9.17) is 11.6 Å². The third-order valence-corrected chi connectivity index (χ3v) is 21.5. The number of carbonyl (C=O) groups excluding carboxylic acids is 9. The number of imidazole rings is 1. The number of rotatable bonds is 25. The zero-order valence-electron chi connectivity index (χ0n) is 56.9. The maximum absolute atomic E-state index is 15.3. The number of hydrogen-bond acceptors (Lipinski definition) is 21. The van der Waals surface area contributed by atoms with E-state index in [0.717, 1.165) is 46.0 Å². The number of amides is 5. The van der Waals surface area contributed by atoms with Gasteiger partial charge in [0, 0.05) is 133 Å². The molecule has 31 heteroatoms. The summed E-state index contributed by atoms with van der Waals surface area (Å²) in [5.74, 6) is -14.4. The normalized spacial score (nSPS) is 24.9. The Labute approximate surface area is 595 Å². The van der Waals surface area contributed by atoms with Crippen molar-refractivity contribution >= 4 is 104 Å². The van der Waals surface area contributed by atoms with Gasteiger partial charge in [-0.1, -0.05) is 90.4 Å². The number of aromatic amines is 1. The van der Waals surface area contributed by atoms with Gasteiger partial charge in [0.2, 0.25) is 29.5 Å². The predicted molar refractivity (Wildman–Crippen MR) is 373 cm³/mol. The second-order valence-electron chi connectivity index (χ2n) is 26.9. The molecule has 0 spiro atoms. The van der Waals surface area contributed by atoms with E-state index in [9.17, 15) is 68.7 Å². The van der Waals surface area contributed by atoms with Crippen LogP contribution in [-0.2, 0) is 76.8 Å². The minimum atomic E-state index is -1.70. The number of ketones is 4. The molecule has 4 aliphatic heterocycles. The number of aliphatic hydroxyl groups excluding tert-OH is 1. The fourth-order valence-corrected chi connectivity index (χ4v) is 15.9. The first-order valence-corrected chi connectivity index (χ1v) is 37.2. The monoisotopic (exact) mass is 1450 g/mol. The molecule has 2 bridgehead atoms. The molecule has 5 heterocycles. The maximum atomic E-state index is 15.3. The molecule has 3 aromatic rings. The first-order valence-electron chi connectivity index (χ1n) is 34.3. The van der Waals surface area contributed by atoms with Crippen molar-refractivity contribution in [3.63, 3.8) is 0 Å². The molecule has 4 saturated heterocycles. The standard InChI is InChI=1S/C69H96ClN11O17S2/c1-4-57(83)53-39-99-100-40-54(68(96)81-37-49(82)34-56(81)61(87)33-46(27-44-12-14-58(84)50(70)28-44)66(94)74-52(35-63(89)90)60(86)31-45(26-42(2)3)65(93)75-53)76-67(95)47(30-48-36-71-41-72-48)32-59(85)51(29-43-10-6-5-7-11-43)73-62(88)15-13-55(69(97)98)80-19-9-17-77-20-21-78(24-25-80)16-8-18-79(23-22-77)38-64(91)92/h5-7,10-12,14,28,36,41-42,45-47,49,51-56,82,84H,4,8-9,13,15-27,29-35,37-40H2,1-3H3,(H,71,72)(H,73,88)(H,74,94)(H,75,93)(H,76,95)(H,89,90)(H,91,92)(H,97,98)/t45-,46-,47-,49-,51+,52+,53+,54+,55?,56+/m1/s1. The van der Waals surface area contributed by atoms with Crippen LogP contribution in [0.4, 0.5) is 0 Å². The van der Waals surface area contributed by atoms with Crippen LogP contribution < -0.4 is 21.3 Å². The Morgan fingerprint density at radius 1 is 0.770 bits per heavy atom. The third-order valence-electron chi connectivity index (χ3n) is 18.7. The first kappa shape index (κ1) is 80.0. The molecule has 0 saturated carbocycles. The van der Waals surface area contributed by atoms with E-state index in [1.165, 1.54) is 30.7 Å². The van der Waals surface area contributed by atoms with Crippen molar-refractivity contribution in [3.05, 3.63) is 82.9 Å². The molecule has 3 unspecified atom stereocenters. The number of hydrogen-bond donors (Lipinski definition) is 10. The zero-order chi connectivity index (χ0) is 72.6. The minimum absolute atomic E-state index is 0.0198. The van der Waals surface area contributed by atoms with Crippen molar-refractivity contribution in [2.45, 2.75) is 153 Å². The zero-order valence-corrected chi connectivity index (χ0v) is 59.3. The largest absolute Gasteiger partial charge is 0.506 e. The number of aromatic hydroxyl groups is 1. The summed E-state index contributed by atoms with van der Waals surface area (Å²) in [4.78, 5) is 185. The van der Waals surface area contributed by atoms with Crippen LogP contribution in [0.2, 0.25) is 5.02 Å². The summed E-state index contributed by atoms with van der Waals surface area (Å²) < 4.78 is 0. The highest BCUT2D eigenvalue weighted by Gasteiger charge is 2.44. The number of carboxylic acids is 3.